The van der Waals surface area contributed by atoms with Gasteiger partial charge in [-0.2, -0.15) is 0 Å². The highest BCUT2D eigenvalue weighted by atomic mass is 16.4. The van der Waals surface area contributed by atoms with Gasteiger partial charge in [0.15, 0.2) is 0 Å². The fraction of sp³-hybridized carbons (Fsp3) is 0.700. The number of primary amides is 1. The van der Waals surface area contributed by atoms with E-state index in [0.29, 0.717) is 0 Å². The third-order valence-corrected chi connectivity index (χ3v) is 6.96. The summed E-state index contributed by atoms with van der Waals surface area (Å²) in [6.07, 6.45) is -0.410. The molecule has 0 heterocycles. The Kier molecular flexibility index (Phi) is 19.8. The van der Waals surface area contributed by atoms with Crippen molar-refractivity contribution in [1.29, 1.82) is 0 Å². The van der Waals surface area contributed by atoms with Gasteiger partial charge in [-0.1, -0.05) is 41.5 Å². The van der Waals surface area contributed by atoms with Crippen molar-refractivity contribution in [3.8, 4) is 0 Å². The Morgan fingerprint density at radius 2 is 1.10 bits per heavy atom. The van der Waals surface area contributed by atoms with Crippen molar-refractivity contribution >= 4 is 53.2 Å². The fourth-order valence-corrected chi connectivity index (χ4v) is 4.28. The molecule has 0 radical (unpaired) electrons. The Labute approximate surface area is 285 Å². The van der Waals surface area contributed by atoms with Gasteiger partial charge >= 0.3 is 5.97 Å². The first-order valence-electron chi connectivity index (χ1n) is 15.9. The third-order valence-electron chi connectivity index (χ3n) is 6.96. The number of amides is 8. The average molecular weight is 700 g/mol. The van der Waals surface area contributed by atoms with Crippen molar-refractivity contribution in [2.24, 2.45) is 29.2 Å². The van der Waals surface area contributed by atoms with Gasteiger partial charge in [0.05, 0.1) is 13.1 Å². The number of carboxylic acid groups (broad SMARTS) is 1. The maximum absolute atomic E-state index is 13.5. The van der Waals surface area contributed by atoms with Gasteiger partial charge in [0.1, 0.15) is 36.8 Å². The summed E-state index contributed by atoms with van der Waals surface area (Å²) in [5, 5.41) is 25.8. The van der Waals surface area contributed by atoms with Crippen LogP contribution in [0.15, 0.2) is 0 Å². The number of carbonyl (C=O) groups is 9. The van der Waals surface area contributed by atoms with Crippen LogP contribution in [0.4, 0.5) is 0 Å². The molecule has 0 aliphatic carbocycles. The minimum Gasteiger partial charge on any atom is -0.480 e. The Morgan fingerprint density at radius 1 is 0.592 bits per heavy atom. The zero-order valence-corrected chi connectivity index (χ0v) is 29.1. The molecule has 278 valence electrons. The smallest absolute Gasteiger partial charge is 0.322 e. The SMILES string of the molecule is CC(C)C[C@H](NC(=O)[C@@H](NC(=O)CNC(=O)CN)C(C)C)C(=O)N[C@H](C(=O)N[C@@H](CCC(N)=O)C(=O)N[C@@H](C)C(=O)NCC(=O)O)C(C)C. The number of hydrogen-bond donors (Lipinski definition) is 10. The number of nitrogens with two attached hydrogens (primary N) is 2. The summed E-state index contributed by atoms with van der Waals surface area (Å²) < 4.78 is 0. The minimum atomic E-state index is -1.37. The molecular weight excluding hydrogens is 646 g/mol. The number of carboxylic acids is 1. The molecule has 0 saturated heterocycles. The van der Waals surface area contributed by atoms with E-state index >= 15 is 0 Å². The van der Waals surface area contributed by atoms with Crippen molar-refractivity contribution in [3.05, 3.63) is 0 Å². The van der Waals surface area contributed by atoms with Gasteiger partial charge in [-0.25, -0.2) is 0 Å². The van der Waals surface area contributed by atoms with Crippen LogP contribution in [0.2, 0.25) is 0 Å². The van der Waals surface area contributed by atoms with Gasteiger partial charge in [-0.05, 0) is 37.5 Å². The van der Waals surface area contributed by atoms with Crippen LogP contribution in [0.1, 0.15) is 67.7 Å². The number of aliphatic carboxylic acids is 1. The highest BCUT2D eigenvalue weighted by molar-refractivity contribution is 5.97. The molecule has 0 rings (SSSR count). The summed E-state index contributed by atoms with van der Waals surface area (Å²) in [4.78, 5) is 111. The van der Waals surface area contributed by atoms with Crippen LogP contribution in [0.5, 0.6) is 0 Å². The lowest BCUT2D eigenvalue weighted by molar-refractivity contribution is -0.138. The molecule has 0 aromatic rings. The van der Waals surface area contributed by atoms with E-state index < -0.39 is 108 Å². The second kappa shape index (κ2) is 21.9. The summed E-state index contributed by atoms with van der Waals surface area (Å²) in [5.41, 5.74) is 10.5. The number of nitrogens with one attached hydrogen (secondary N) is 7. The van der Waals surface area contributed by atoms with Gasteiger partial charge in [-0.15, -0.1) is 0 Å². The molecule has 0 aliphatic heterocycles. The first kappa shape index (κ1) is 44.2. The fourth-order valence-electron chi connectivity index (χ4n) is 4.28. The zero-order chi connectivity index (χ0) is 38.0. The number of carbonyl (C=O) groups excluding carboxylic acids is 8. The van der Waals surface area contributed by atoms with E-state index in [9.17, 15) is 43.2 Å². The third kappa shape index (κ3) is 17.8. The normalized spacial score (nSPS) is 14.0. The standard InChI is InChI=1S/C30H53N9O10/c1-14(2)10-19(37-29(48)24(15(3)4)38-22(42)12-33-21(41)11-31)28(47)39-25(16(5)6)30(49)36-18(8-9-20(32)40)27(46)35-17(7)26(45)34-13-23(43)44/h14-19,24-25H,8-13,31H2,1-7H3,(H2,32,40)(H,33,41)(H,34,45)(H,35,46)(H,36,49)(H,37,48)(H,38,42)(H,39,47)(H,43,44)/t17-,18-,19-,24-,25-/m0/s1. The lowest BCUT2D eigenvalue weighted by Gasteiger charge is -2.29. The maximum atomic E-state index is 13.5. The predicted molar refractivity (Wildman–Crippen MR) is 176 cm³/mol. The molecule has 0 aliphatic rings. The van der Waals surface area contributed by atoms with E-state index in [1.54, 1.807) is 27.7 Å². The van der Waals surface area contributed by atoms with E-state index in [1.165, 1.54) is 6.92 Å². The molecule has 49 heavy (non-hydrogen) atoms. The first-order chi connectivity index (χ1) is 22.7. The predicted octanol–water partition coefficient (Wildman–Crippen LogP) is -3.67. The maximum Gasteiger partial charge on any atom is 0.322 e. The molecule has 0 aromatic carbocycles. The molecule has 12 N–H and O–H groups in total. The summed E-state index contributed by atoms with van der Waals surface area (Å²) in [5.74, 6) is -8.21. The van der Waals surface area contributed by atoms with Crippen LogP contribution in [0.25, 0.3) is 0 Å². The molecule has 0 fully saturated rings. The van der Waals surface area contributed by atoms with Crippen LogP contribution in [0.3, 0.4) is 0 Å². The highest BCUT2D eigenvalue weighted by Gasteiger charge is 2.34. The largest absolute Gasteiger partial charge is 0.480 e. The molecular formula is C30H53N9O10. The summed E-state index contributed by atoms with van der Waals surface area (Å²) in [6.45, 7) is 10.1. The number of hydrogen-bond acceptors (Lipinski definition) is 10. The second-order valence-corrected chi connectivity index (χ2v) is 12.6. The van der Waals surface area contributed by atoms with Gasteiger partial charge < -0.3 is 53.8 Å². The summed E-state index contributed by atoms with van der Waals surface area (Å²) in [6, 6.07) is -6.03. The number of rotatable bonds is 22. The topological polar surface area (TPSA) is 310 Å². The first-order valence-corrected chi connectivity index (χ1v) is 15.9. The zero-order valence-electron chi connectivity index (χ0n) is 29.1. The Bertz CT molecular complexity index is 1210. The van der Waals surface area contributed by atoms with E-state index in [-0.39, 0.29) is 31.7 Å². The molecule has 0 spiro atoms. The van der Waals surface area contributed by atoms with Crippen LogP contribution in [-0.4, -0.2) is 108 Å². The van der Waals surface area contributed by atoms with Crippen molar-refractivity contribution in [2.75, 3.05) is 19.6 Å². The van der Waals surface area contributed by atoms with E-state index in [0.717, 1.165) is 0 Å². The monoisotopic (exact) mass is 699 g/mol. The Balaban J connectivity index is 5.91. The lowest BCUT2D eigenvalue weighted by Crippen LogP contribution is -2.60. The van der Waals surface area contributed by atoms with Gasteiger partial charge in [0.2, 0.25) is 47.3 Å². The van der Waals surface area contributed by atoms with E-state index in [4.69, 9.17) is 16.6 Å². The second-order valence-electron chi connectivity index (χ2n) is 12.6. The lowest BCUT2D eigenvalue weighted by atomic mass is 9.98. The minimum absolute atomic E-state index is 0.0995. The van der Waals surface area contributed by atoms with Gasteiger partial charge in [-0.3, -0.25) is 43.2 Å². The Hall–Kier alpha value is -4.81. The molecule has 19 nitrogen and oxygen atoms in total. The van der Waals surface area contributed by atoms with E-state index in [2.05, 4.69) is 37.2 Å². The molecule has 0 aromatic heterocycles. The van der Waals surface area contributed by atoms with Gasteiger partial charge in [0, 0.05) is 6.42 Å². The van der Waals surface area contributed by atoms with Crippen molar-refractivity contribution in [1.82, 2.24) is 37.2 Å². The summed E-state index contributed by atoms with van der Waals surface area (Å²) >= 11 is 0. The molecule has 5 atom stereocenters. The average Bonchev–Trinajstić information content (AvgIpc) is 3.00. The van der Waals surface area contributed by atoms with Crippen molar-refractivity contribution < 1.29 is 48.3 Å². The van der Waals surface area contributed by atoms with Crippen LogP contribution >= 0.6 is 0 Å². The van der Waals surface area contributed by atoms with Crippen LogP contribution in [0, 0.1) is 17.8 Å². The van der Waals surface area contributed by atoms with Crippen molar-refractivity contribution in [3.63, 3.8) is 0 Å². The molecule has 8 amide bonds. The van der Waals surface area contributed by atoms with Crippen molar-refractivity contribution in [2.45, 2.75) is 97.9 Å². The molecule has 0 saturated carbocycles. The molecule has 19 heteroatoms. The van der Waals surface area contributed by atoms with E-state index in [1.807, 2.05) is 13.8 Å². The highest BCUT2D eigenvalue weighted by Crippen LogP contribution is 2.11. The summed E-state index contributed by atoms with van der Waals surface area (Å²) in [7, 11) is 0. The quantitative estimate of drug-likeness (QED) is 0.0525. The van der Waals surface area contributed by atoms with Crippen LogP contribution in [-0.2, 0) is 43.2 Å². The van der Waals surface area contributed by atoms with Crippen LogP contribution < -0.4 is 48.7 Å². The molecule has 0 bridgehead atoms. The Morgan fingerprint density at radius 3 is 1.57 bits per heavy atom. The van der Waals surface area contributed by atoms with Gasteiger partial charge in [0.25, 0.3) is 0 Å². The molecule has 0 unspecified atom stereocenters.